The van der Waals surface area contributed by atoms with Crippen LogP contribution in [-0.2, 0) is 16.3 Å². The normalized spacial score (nSPS) is 12.4. The van der Waals surface area contributed by atoms with E-state index in [-0.39, 0.29) is 0 Å². The summed E-state index contributed by atoms with van der Waals surface area (Å²) in [7, 11) is -1.10. The average molecular weight is 395 g/mol. The van der Waals surface area contributed by atoms with E-state index in [0.717, 1.165) is 21.6 Å². The number of amides is 1. The van der Waals surface area contributed by atoms with Gasteiger partial charge in [0.05, 0.1) is 16.3 Å². The number of primary amides is 1. The fourth-order valence-corrected chi connectivity index (χ4v) is 3.88. The number of aromatic nitrogens is 2. The fraction of sp³-hybridized carbons (Fsp3) is 0.190. The SMILES string of the molecule is CS(=O)c1ccccc1C(C)(C)Nc1ncc(-c2cccc(C(N)=O)c2)cn1. The zero-order valence-electron chi connectivity index (χ0n) is 16.0. The fourth-order valence-electron chi connectivity index (χ4n) is 2.97. The lowest BCUT2D eigenvalue weighted by molar-refractivity contribution is 0.100. The molecule has 7 heteroatoms. The molecule has 1 aromatic heterocycles. The van der Waals surface area contributed by atoms with Gasteiger partial charge in [0.2, 0.25) is 11.9 Å². The topological polar surface area (TPSA) is 98.0 Å². The summed E-state index contributed by atoms with van der Waals surface area (Å²) in [5.41, 5.74) is 7.78. The molecule has 0 aliphatic carbocycles. The maximum atomic E-state index is 12.1. The second-order valence-corrected chi connectivity index (χ2v) is 8.29. The largest absolute Gasteiger partial charge is 0.366 e. The predicted octanol–water partition coefficient (Wildman–Crippen LogP) is 3.33. The third-order valence-electron chi connectivity index (χ3n) is 4.43. The van der Waals surface area contributed by atoms with Crippen LogP contribution in [0.4, 0.5) is 5.95 Å². The van der Waals surface area contributed by atoms with E-state index < -0.39 is 22.2 Å². The summed E-state index contributed by atoms with van der Waals surface area (Å²) in [4.78, 5) is 20.9. The molecule has 28 heavy (non-hydrogen) atoms. The Bertz CT molecular complexity index is 1030. The summed E-state index contributed by atoms with van der Waals surface area (Å²) >= 11 is 0. The first-order valence-electron chi connectivity index (χ1n) is 8.71. The van der Waals surface area contributed by atoms with Gasteiger partial charge >= 0.3 is 0 Å². The lowest BCUT2D eigenvalue weighted by atomic mass is 9.94. The van der Waals surface area contributed by atoms with Gasteiger partial charge in [-0.2, -0.15) is 0 Å². The molecule has 0 bridgehead atoms. The van der Waals surface area contributed by atoms with Gasteiger partial charge in [-0.05, 0) is 43.2 Å². The summed E-state index contributed by atoms with van der Waals surface area (Å²) in [5, 5.41) is 3.31. The summed E-state index contributed by atoms with van der Waals surface area (Å²) < 4.78 is 12.1. The van der Waals surface area contributed by atoms with E-state index in [4.69, 9.17) is 5.73 Å². The second-order valence-electron chi connectivity index (χ2n) is 6.94. The Kier molecular flexibility index (Phi) is 5.56. The van der Waals surface area contributed by atoms with Crippen LogP contribution in [0.15, 0.2) is 65.8 Å². The standard InChI is InChI=1S/C21H22N4O2S/c1-21(2,17-9-4-5-10-18(17)28(3)27)25-20-23-12-16(13-24-20)14-7-6-8-15(11-14)19(22)26/h4-13H,1-3H3,(H2,22,26)(H,23,24,25). The lowest BCUT2D eigenvalue weighted by Gasteiger charge is -2.28. The van der Waals surface area contributed by atoms with Gasteiger partial charge < -0.3 is 11.1 Å². The van der Waals surface area contributed by atoms with Gasteiger partial charge in [0, 0.05) is 34.7 Å². The van der Waals surface area contributed by atoms with Crippen LogP contribution in [0, 0.1) is 0 Å². The molecule has 1 heterocycles. The molecule has 0 spiro atoms. The highest BCUT2D eigenvalue weighted by atomic mass is 32.2. The summed E-state index contributed by atoms with van der Waals surface area (Å²) in [6.07, 6.45) is 5.05. The first-order valence-corrected chi connectivity index (χ1v) is 10.3. The van der Waals surface area contributed by atoms with Crippen molar-refractivity contribution in [2.45, 2.75) is 24.3 Å². The van der Waals surface area contributed by atoms with Crippen molar-refractivity contribution in [1.29, 1.82) is 0 Å². The van der Waals surface area contributed by atoms with E-state index in [9.17, 15) is 9.00 Å². The Labute approximate surface area is 166 Å². The molecule has 2 aromatic carbocycles. The van der Waals surface area contributed by atoms with Gasteiger partial charge in [-0.15, -0.1) is 0 Å². The molecule has 3 N–H and O–H groups in total. The molecule has 1 amide bonds. The van der Waals surface area contributed by atoms with Crippen LogP contribution in [0.3, 0.4) is 0 Å². The van der Waals surface area contributed by atoms with Crippen molar-refractivity contribution < 1.29 is 9.00 Å². The summed E-state index contributed by atoms with van der Waals surface area (Å²) in [6.45, 7) is 3.98. The highest BCUT2D eigenvalue weighted by molar-refractivity contribution is 7.84. The Balaban J connectivity index is 1.85. The molecule has 0 aliphatic heterocycles. The predicted molar refractivity (Wildman–Crippen MR) is 111 cm³/mol. The molecule has 1 unspecified atom stereocenters. The molecule has 0 saturated heterocycles. The van der Waals surface area contributed by atoms with Crippen LogP contribution < -0.4 is 11.1 Å². The van der Waals surface area contributed by atoms with Crippen LogP contribution in [0.25, 0.3) is 11.1 Å². The van der Waals surface area contributed by atoms with Gasteiger partial charge in [0.15, 0.2) is 0 Å². The Morgan fingerprint density at radius 3 is 2.36 bits per heavy atom. The number of carbonyl (C=O) groups excluding carboxylic acids is 1. The van der Waals surface area contributed by atoms with Crippen molar-refractivity contribution in [3.8, 4) is 11.1 Å². The molecule has 0 aliphatic rings. The molecule has 144 valence electrons. The number of nitrogens with two attached hydrogens (primary N) is 1. The molecule has 0 fully saturated rings. The molecule has 0 saturated carbocycles. The lowest BCUT2D eigenvalue weighted by Crippen LogP contribution is -2.30. The monoisotopic (exact) mass is 394 g/mol. The van der Waals surface area contributed by atoms with Crippen molar-refractivity contribution in [1.82, 2.24) is 9.97 Å². The Morgan fingerprint density at radius 1 is 1.04 bits per heavy atom. The van der Waals surface area contributed by atoms with Crippen LogP contribution >= 0.6 is 0 Å². The average Bonchev–Trinajstić information content (AvgIpc) is 2.68. The maximum Gasteiger partial charge on any atom is 0.248 e. The number of nitrogens with one attached hydrogen (secondary N) is 1. The van der Waals surface area contributed by atoms with E-state index in [2.05, 4.69) is 15.3 Å². The van der Waals surface area contributed by atoms with E-state index >= 15 is 0 Å². The van der Waals surface area contributed by atoms with Crippen LogP contribution in [0.5, 0.6) is 0 Å². The molecule has 1 atom stereocenters. The van der Waals surface area contributed by atoms with Crippen molar-refractivity contribution in [2.24, 2.45) is 5.73 Å². The first-order chi connectivity index (χ1) is 13.3. The van der Waals surface area contributed by atoms with E-state index in [1.807, 2.05) is 44.2 Å². The molecular formula is C21H22N4O2S. The first kappa shape index (κ1) is 19.7. The molecule has 3 aromatic rings. The third kappa shape index (κ3) is 4.26. The summed E-state index contributed by atoms with van der Waals surface area (Å²) in [5.74, 6) is -0.0220. The highest BCUT2D eigenvalue weighted by Crippen LogP contribution is 2.29. The van der Waals surface area contributed by atoms with Crippen LogP contribution in [0.1, 0.15) is 29.8 Å². The van der Waals surface area contributed by atoms with E-state index in [1.165, 1.54) is 0 Å². The zero-order valence-corrected chi connectivity index (χ0v) is 16.8. The number of benzene rings is 2. The number of rotatable bonds is 6. The van der Waals surface area contributed by atoms with Crippen molar-refractivity contribution in [3.05, 3.63) is 72.1 Å². The molecular weight excluding hydrogens is 372 g/mol. The van der Waals surface area contributed by atoms with E-state index in [0.29, 0.717) is 11.5 Å². The van der Waals surface area contributed by atoms with Gasteiger partial charge in [-0.3, -0.25) is 9.00 Å². The number of hydrogen-bond acceptors (Lipinski definition) is 5. The van der Waals surface area contributed by atoms with Crippen LogP contribution in [0.2, 0.25) is 0 Å². The van der Waals surface area contributed by atoms with Gasteiger partial charge in [0.1, 0.15) is 0 Å². The number of anilines is 1. The quantitative estimate of drug-likeness (QED) is 0.668. The maximum absolute atomic E-state index is 12.1. The van der Waals surface area contributed by atoms with Gasteiger partial charge in [-0.25, -0.2) is 9.97 Å². The van der Waals surface area contributed by atoms with Crippen molar-refractivity contribution in [3.63, 3.8) is 0 Å². The van der Waals surface area contributed by atoms with Gasteiger partial charge in [0.25, 0.3) is 0 Å². The summed E-state index contributed by atoms with van der Waals surface area (Å²) in [6, 6.07) is 14.6. The smallest absolute Gasteiger partial charge is 0.248 e. The third-order valence-corrected chi connectivity index (χ3v) is 5.40. The molecule has 6 nitrogen and oxygen atoms in total. The number of nitrogens with zero attached hydrogens (tertiary/aromatic N) is 2. The van der Waals surface area contributed by atoms with Gasteiger partial charge in [-0.1, -0.05) is 30.3 Å². The highest BCUT2D eigenvalue weighted by Gasteiger charge is 2.25. The molecule has 0 radical (unpaired) electrons. The minimum absolute atomic E-state index is 0.435. The van der Waals surface area contributed by atoms with E-state index in [1.54, 1.807) is 36.8 Å². The zero-order chi connectivity index (χ0) is 20.3. The number of hydrogen-bond donors (Lipinski definition) is 2. The van der Waals surface area contributed by atoms with Crippen molar-refractivity contribution >= 4 is 22.7 Å². The Hall–Kier alpha value is -3.06. The van der Waals surface area contributed by atoms with Crippen LogP contribution in [-0.4, -0.2) is 26.3 Å². The Morgan fingerprint density at radius 2 is 1.71 bits per heavy atom. The number of carbonyl (C=O) groups is 1. The minimum atomic E-state index is -1.10. The second kappa shape index (κ2) is 7.90. The van der Waals surface area contributed by atoms with Crippen molar-refractivity contribution in [2.75, 3.05) is 11.6 Å². The molecule has 3 rings (SSSR count). The minimum Gasteiger partial charge on any atom is -0.366 e.